The van der Waals surface area contributed by atoms with Gasteiger partial charge in [-0.15, -0.1) is 0 Å². The Morgan fingerprint density at radius 2 is 1.81 bits per heavy atom. The molecule has 0 amide bonds. The molecule has 1 aromatic carbocycles. The van der Waals surface area contributed by atoms with Crippen LogP contribution in [0.15, 0.2) is 36.7 Å². The van der Waals surface area contributed by atoms with Crippen molar-refractivity contribution < 1.29 is 17.9 Å². The molecule has 0 saturated heterocycles. The molecular weight excluding hydrogens is 283 g/mol. The van der Waals surface area contributed by atoms with E-state index in [1.54, 1.807) is 24.5 Å². The van der Waals surface area contributed by atoms with E-state index in [1.807, 2.05) is 12.1 Å². The van der Waals surface area contributed by atoms with Crippen LogP contribution < -0.4 is 5.32 Å². The number of hydrogen-bond donors (Lipinski definition) is 2. The van der Waals surface area contributed by atoms with Crippen molar-refractivity contribution in [3.05, 3.63) is 53.6 Å². The van der Waals surface area contributed by atoms with Gasteiger partial charge in [-0.25, -0.2) is 4.98 Å². The molecule has 1 heterocycles. The van der Waals surface area contributed by atoms with Crippen LogP contribution in [0.5, 0.6) is 0 Å². The fourth-order valence-electron chi connectivity index (χ4n) is 1.76. The number of nitrogens with zero attached hydrogens (tertiary/aromatic N) is 1. The lowest BCUT2D eigenvalue weighted by molar-refractivity contribution is -0.176. The largest absolute Gasteiger partial charge is 0.411 e. The van der Waals surface area contributed by atoms with Gasteiger partial charge in [-0.1, -0.05) is 24.3 Å². The number of hydrogen-bond acceptors (Lipinski definition) is 3. The van der Waals surface area contributed by atoms with E-state index >= 15 is 0 Å². The Morgan fingerprint density at radius 1 is 1.10 bits per heavy atom. The Morgan fingerprint density at radius 3 is 2.43 bits per heavy atom. The second-order valence-corrected chi connectivity index (χ2v) is 4.56. The SMILES string of the molecule is FC(F)(F)COCc1ccc(CNCc2ncc[nH]2)cc1. The van der Waals surface area contributed by atoms with Gasteiger partial charge >= 0.3 is 6.18 Å². The zero-order chi connectivity index (χ0) is 15.1. The van der Waals surface area contributed by atoms with Crippen molar-refractivity contribution in [1.29, 1.82) is 0 Å². The van der Waals surface area contributed by atoms with Crippen molar-refractivity contribution in [2.24, 2.45) is 0 Å². The van der Waals surface area contributed by atoms with E-state index in [2.05, 4.69) is 20.0 Å². The molecule has 0 saturated carbocycles. The average Bonchev–Trinajstić information content (AvgIpc) is 2.92. The molecule has 1 aromatic heterocycles. The molecule has 21 heavy (non-hydrogen) atoms. The van der Waals surface area contributed by atoms with Crippen molar-refractivity contribution in [1.82, 2.24) is 15.3 Å². The number of halogens is 3. The first-order valence-electron chi connectivity index (χ1n) is 6.44. The van der Waals surface area contributed by atoms with Crippen molar-refractivity contribution >= 4 is 0 Å². The minimum absolute atomic E-state index is 0.0420. The highest BCUT2D eigenvalue weighted by molar-refractivity contribution is 5.21. The zero-order valence-electron chi connectivity index (χ0n) is 11.3. The number of imidazole rings is 1. The summed E-state index contributed by atoms with van der Waals surface area (Å²) in [6.07, 6.45) is -0.838. The van der Waals surface area contributed by atoms with E-state index in [0.717, 1.165) is 11.4 Å². The normalized spacial score (nSPS) is 11.8. The monoisotopic (exact) mass is 299 g/mol. The maximum atomic E-state index is 11.9. The van der Waals surface area contributed by atoms with Crippen molar-refractivity contribution in [2.75, 3.05) is 6.61 Å². The molecular formula is C14H16F3N3O. The van der Waals surface area contributed by atoms with E-state index in [1.165, 1.54) is 0 Å². The zero-order valence-corrected chi connectivity index (χ0v) is 11.3. The molecule has 0 aliphatic heterocycles. The van der Waals surface area contributed by atoms with Gasteiger partial charge in [-0.3, -0.25) is 0 Å². The van der Waals surface area contributed by atoms with E-state index in [0.29, 0.717) is 18.7 Å². The number of aromatic nitrogens is 2. The molecule has 0 atom stereocenters. The van der Waals surface area contributed by atoms with Crippen molar-refractivity contribution in [2.45, 2.75) is 25.9 Å². The minimum Gasteiger partial charge on any atom is -0.367 e. The number of ether oxygens (including phenoxy) is 1. The fourth-order valence-corrected chi connectivity index (χ4v) is 1.76. The Hall–Kier alpha value is -1.86. The Balaban J connectivity index is 1.71. The van der Waals surface area contributed by atoms with Gasteiger partial charge in [0.2, 0.25) is 0 Å². The standard InChI is InChI=1S/C14H16F3N3O/c15-14(16,17)10-21-9-12-3-1-11(2-4-12)7-18-8-13-19-5-6-20-13/h1-6,18H,7-10H2,(H,19,20). The Labute approximate surface area is 120 Å². The molecule has 0 unspecified atom stereocenters. The second-order valence-electron chi connectivity index (χ2n) is 4.56. The summed E-state index contributed by atoms with van der Waals surface area (Å²) in [4.78, 5) is 7.07. The van der Waals surface area contributed by atoms with Crippen LogP contribution in [0.3, 0.4) is 0 Å². The minimum atomic E-state index is -4.28. The number of benzene rings is 1. The molecule has 0 aliphatic carbocycles. The Bertz CT molecular complexity index is 523. The van der Waals surface area contributed by atoms with Gasteiger partial charge in [0.05, 0.1) is 13.2 Å². The summed E-state index contributed by atoms with van der Waals surface area (Å²) < 4.78 is 40.4. The third-order valence-electron chi connectivity index (χ3n) is 2.73. The second kappa shape index (κ2) is 7.24. The smallest absolute Gasteiger partial charge is 0.367 e. The number of H-pyrrole nitrogens is 1. The van der Waals surface area contributed by atoms with E-state index in [4.69, 9.17) is 0 Å². The molecule has 2 rings (SSSR count). The van der Waals surface area contributed by atoms with E-state index in [9.17, 15) is 13.2 Å². The highest BCUT2D eigenvalue weighted by Crippen LogP contribution is 2.15. The van der Waals surface area contributed by atoms with Crippen molar-refractivity contribution in [3.63, 3.8) is 0 Å². The van der Waals surface area contributed by atoms with Crippen LogP contribution >= 0.6 is 0 Å². The van der Waals surface area contributed by atoms with Crippen molar-refractivity contribution in [3.8, 4) is 0 Å². The topological polar surface area (TPSA) is 49.9 Å². The summed E-state index contributed by atoms with van der Waals surface area (Å²) in [5, 5.41) is 3.21. The molecule has 0 spiro atoms. The number of nitrogens with one attached hydrogen (secondary N) is 2. The highest BCUT2D eigenvalue weighted by Gasteiger charge is 2.27. The third-order valence-corrected chi connectivity index (χ3v) is 2.73. The predicted octanol–water partition coefficient (Wildman–Crippen LogP) is 2.78. The van der Waals surface area contributed by atoms with Crippen LogP contribution in [0.25, 0.3) is 0 Å². The number of alkyl halides is 3. The third kappa shape index (κ3) is 5.97. The molecule has 7 heteroatoms. The first-order chi connectivity index (χ1) is 10.0. The van der Waals surface area contributed by atoms with Gasteiger partial charge in [-0.05, 0) is 11.1 Å². The summed E-state index contributed by atoms with van der Waals surface area (Å²) in [5.41, 5.74) is 1.76. The lowest BCUT2D eigenvalue weighted by Gasteiger charge is -2.08. The molecule has 2 N–H and O–H groups in total. The summed E-state index contributed by atoms with van der Waals surface area (Å²) >= 11 is 0. The summed E-state index contributed by atoms with van der Waals surface area (Å²) in [7, 11) is 0. The lowest BCUT2D eigenvalue weighted by Crippen LogP contribution is -2.16. The van der Waals surface area contributed by atoms with Gasteiger partial charge in [0, 0.05) is 18.9 Å². The average molecular weight is 299 g/mol. The number of rotatable bonds is 7. The fraction of sp³-hybridized carbons (Fsp3) is 0.357. The molecule has 0 radical (unpaired) electrons. The van der Waals surface area contributed by atoms with Crippen LogP contribution in [0.4, 0.5) is 13.2 Å². The highest BCUT2D eigenvalue weighted by atomic mass is 19.4. The molecule has 0 fully saturated rings. The van der Waals surface area contributed by atoms with Crippen LogP contribution in [-0.2, 0) is 24.4 Å². The number of aromatic amines is 1. The van der Waals surface area contributed by atoms with Crippen LogP contribution in [0, 0.1) is 0 Å². The maximum Gasteiger partial charge on any atom is 0.411 e. The molecule has 0 aliphatic rings. The van der Waals surface area contributed by atoms with Gasteiger partial charge in [0.1, 0.15) is 12.4 Å². The summed E-state index contributed by atoms with van der Waals surface area (Å²) in [6.45, 7) is 0.0207. The summed E-state index contributed by atoms with van der Waals surface area (Å²) in [5.74, 6) is 0.854. The molecule has 114 valence electrons. The van der Waals surface area contributed by atoms with Gasteiger partial charge in [0.15, 0.2) is 0 Å². The maximum absolute atomic E-state index is 11.9. The molecule has 4 nitrogen and oxygen atoms in total. The Kier molecular flexibility index (Phi) is 5.35. The quantitative estimate of drug-likeness (QED) is 0.826. The van der Waals surface area contributed by atoms with Crippen LogP contribution in [0.1, 0.15) is 17.0 Å². The van der Waals surface area contributed by atoms with Gasteiger partial charge in [0.25, 0.3) is 0 Å². The summed E-state index contributed by atoms with van der Waals surface area (Å²) in [6, 6.07) is 7.25. The van der Waals surface area contributed by atoms with E-state index < -0.39 is 12.8 Å². The molecule has 2 aromatic rings. The lowest BCUT2D eigenvalue weighted by atomic mass is 10.1. The first kappa shape index (κ1) is 15.5. The van der Waals surface area contributed by atoms with E-state index in [-0.39, 0.29) is 6.61 Å². The predicted molar refractivity (Wildman–Crippen MR) is 71.3 cm³/mol. The van der Waals surface area contributed by atoms with Crippen LogP contribution in [-0.4, -0.2) is 22.8 Å². The van der Waals surface area contributed by atoms with Gasteiger partial charge < -0.3 is 15.0 Å². The first-order valence-corrected chi connectivity index (χ1v) is 6.44. The van der Waals surface area contributed by atoms with Gasteiger partial charge in [-0.2, -0.15) is 13.2 Å². The van der Waals surface area contributed by atoms with Crippen LogP contribution in [0.2, 0.25) is 0 Å². The molecule has 0 bridgehead atoms.